The summed E-state index contributed by atoms with van der Waals surface area (Å²) in [5.74, 6) is 14.1. The van der Waals surface area contributed by atoms with Gasteiger partial charge in [0, 0.05) is 30.6 Å². The number of hydrogen-bond donors (Lipinski definition) is 0. The van der Waals surface area contributed by atoms with E-state index in [1.54, 1.807) is 0 Å². The number of rotatable bonds is 41. The van der Waals surface area contributed by atoms with Gasteiger partial charge < -0.3 is 4.74 Å². The van der Waals surface area contributed by atoms with Gasteiger partial charge in [0.1, 0.15) is 0 Å². The highest BCUT2D eigenvalue weighted by Crippen LogP contribution is 2.29. The van der Waals surface area contributed by atoms with E-state index >= 15 is 0 Å². The van der Waals surface area contributed by atoms with Gasteiger partial charge in [0.15, 0.2) is 0 Å². The fourth-order valence-corrected chi connectivity index (χ4v) is 9.25. The van der Waals surface area contributed by atoms with Gasteiger partial charge in [-0.05, 0) is 55.9 Å². The lowest BCUT2D eigenvalue weighted by Crippen LogP contribution is -2.11. The summed E-state index contributed by atoms with van der Waals surface area (Å²) >= 11 is 0. The normalized spacial score (nSPS) is 13.9. The summed E-state index contributed by atoms with van der Waals surface area (Å²) in [5.41, 5.74) is 3.53. The molecule has 0 radical (unpaired) electrons. The van der Waals surface area contributed by atoms with Crippen molar-refractivity contribution >= 4 is 0 Å². The summed E-state index contributed by atoms with van der Waals surface area (Å²) in [5, 5.41) is 0. The molecule has 0 N–H and O–H groups in total. The first-order valence-corrected chi connectivity index (χ1v) is 27.6. The predicted octanol–water partition coefficient (Wildman–Crippen LogP) is 20.1. The fraction of sp³-hybridized carbons (Fsp3) is 0.831. The van der Waals surface area contributed by atoms with Crippen LogP contribution in [-0.2, 0) is 4.74 Å². The second-order valence-corrected chi connectivity index (χ2v) is 19.2. The first-order valence-electron chi connectivity index (χ1n) is 27.6. The Hall–Kier alpha value is -1.70. The Morgan fingerprint density at radius 1 is 0.367 bits per heavy atom. The smallest absolute Gasteiger partial charge is 0.0825 e. The summed E-state index contributed by atoms with van der Waals surface area (Å²) in [4.78, 5) is 0. The lowest BCUT2D eigenvalue weighted by atomic mass is 9.97. The molecule has 1 aliphatic heterocycles. The van der Waals surface area contributed by atoms with Crippen LogP contribution in [0.15, 0.2) is 18.2 Å². The third kappa shape index (κ3) is 34.8. The average molecular weight is 827 g/mol. The van der Waals surface area contributed by atoms with E-state index in [-0.39, 0.29) is 6.10 Å². The van der Waals surface area contributed by atoms with Crippen molar-refractivity contribution in [3.63, 3.8) is 0 Å². The minimum atomic E-state index is 0.204. The maximum Gasteiger partial charge on any atom is 0.0825 e. The minimum Gasteiger partial charge on any atom is -0.374 e. The lowest BCUT2D eigenvalue weighted by Gasteiger charge is -2.23. The van der Waals surface area contributed by atoms with Crippen molar-refractivity contribution in [2.75, 3.05) is 6.61 Å². The van der Waals surface area contributed by atoms with Crippen LogP contribution in [-0.4, -0.2) is 6.61 Å². The molecular weight excluding hydrogens is 725 g/mol. The van der Waals surface area contributed by atoms with Crippen LogP contribution in [0, 0.1) is 23.7 Å². The molecule has 1 atom stereocenters. The number of hydrogen-bond acceptors (Lipinski definition) is 1. The van der Waals surface area contributed by atoms with Crippen LogP contribution in [0.5, 0.6) is 0 Å². The monoisotopic (exact) mass is 827 g/mol. The van der Waals surface area contributed by atoms with Gasteiger partial charge in [-0.3, -0.25) is 0 Å². The summed E-state index contributed by atoms with van der Waals surface area (Å²) < 4.78 is 6.18. The summed E-state index contributed by atoms with van der Waals surface area (Å²) in [6.07, 6.45) is 62.8. The van der Waals surface area contributed by atoms with E-state index in [0.717, 1.165) is 37.0 Å². The molecule has 0 saturated carbocycles. The van der Waals surface area contributed by atoms with Crippen LogP contribution in [0.2, 0.25) is 0 Å². The Kier molecular flexibility index (Phi) is 39.9. The average Bonchev–Trinajstić information content (AvgIpc) is 3.27. The molecule has 1 fully saturated rings. The van der Waals surface area contributed by atoms with Crippen molar-refractivity contribution in [2.24, 2.45) is 0 Å². The van der Waals surface area contributed by atoms with Gasteiger partial charge in [0.05, 0.1) is 6.10 Å². The Labute approximate surface area is 377 Å². The molecule has 1 heteroatoms. The molecule has 2 rings (SSSR count). The highest BCUT2D eigenvalue weighted by atomic mass is 16.5. The molecule has 1 aliphatic rings. The molecule has 344 valence electrons. The quantitative estimate of drug-likeness (QED) is 0.0472. The number of benzene rings is 1. The van der Waals surface area contributed by atoms with Gasteiger partial charge in [0.2, 0.25) is 0 Å². The van der Waals surface area contributed by atoms with E-state index in [0.29, 0.717) is 0 Å². The van der Waals surface area contributed by atoms with Crippen LogP contribution in [0.3, 0.4) is 0 Å². The van der Waals surface area contributed by atoms with E-state index in [1.807, 2.05) is 0 Å². The molecule has 1 nitrogen and oxygen atoms in total. The zero-order valence-electron chi connectivity index (χ0n) is 40.7. The molecule has 0 spiro atoms. The molecule has 0 aliphatic carbocycles. The summed E-state index contributed by atoms with van der Waals surface area (Å²) in [6, 6.07) is 6.79. The standard InChI is InChI=1S/C59H102O/c1-3-5-7-9-11-13-15-17-19-21-23-25-27-29-31-33-35-37-39-41-43-45-49-56-53-57(55-58(54-56)59-51-47-48-52-60-59)50-46-44-42-40-38-36-34-32-30-28-26-24-22-20-18-16-14-12-10-8-6-4-2/h53-55,59H,3-44,47-48,51-52H2,1-2H3. The fourth-order valence-electron chi connectivity index (χ4n) is 9.25. The largest absolute Gasteiger partial charge is 0.374 e. The molecule has 1 aromatic rings. The van der Waals surface area contributed by atoms with Gasteiger partial charge in [-0.25, -0.2) is 0 Å². The first kappa shape index (κ1) is 54.4. The zero-order chi connectivity index (χ0) is 42.5. The van der Waals surface area contributed by atoms with Crippen molar-refractivity contribution < 1.29 is 4.74 Å². The molecule has 1 aromatic carbocycles. The zero-order valence-corrected chi connectivity index (χ0v) is 40.7. The van der Waals surface area contributed by atoms with Crippen molar-refractivity contribution in [3.05, 3.63) is 34.9 Å². The molecule has 0 amide bonds. The maximum absolute atomic E-state index is 6.18. The lowest BCUT2D eigenvalue weighted by molar-refractivity contribution is 0.0149. The Morgan fingerprint density at radius 3 is 0.917 bits per heavy atom. The van der Waals surface area contributed by atoms with Crippen LogP contribution in [0.1, 0.15) is 326 Å². The van der Waals surface area contributed by atoms with Crippen LogP contribution < -0.4 is 0 Å². The highest BCUT2D eigenvalue weighted by Gasteiger charge is 2.17. The first-order chi connectivity index (χ1) is 29.8. The SMILES string of the molecule is CCCCCCCCCCCCCCCCCCCCCCC#Cc1cc(C#CCCCCCCCCCCCCCCCCCCCCCC)cc(C2CCCCO2)c1. The summed E-state index contributed by atoms with van der Waals surface area (Å²) in [6.45, 7) is 5.49. The maximum atomic E-state index is 6.18. The molecule has 60 heavy (non-hydrogen) atoms. The molecular formula is C59H102O. The van der Waals surface area contributed by atoms with E-state index < -0.39 is 0 Å². The van der Waals surface area contributed by atoms with E-state index in [4.69, 9.17) is 4.74 Å². The molecule has 1 unspecified atom stereocenters. The van der Waals surface area contributed by atoms with Crippen molar-refractivity contribution in [1.82, 2.24) is 0 Å². The Bertz CT molecular complexity index is 1090. The van der Waals surface area contributed by atoms with E-state index in [1.165, 1.54) is 275 Å². The van der Waals surface area contributed by atoms with Crippen molar-refractivity contribution in [2.45, 2.75) is 309 Å². The van der Waals surface area contributed by atoms with Gasteiger partial charge in [-0.15, -0.1) is 0 Å². The van der Waals surface area contributed by atoms with E-state index in [9.17, 15) is 0 Å². The van der Waals surface area contributed by atoms with Crippen LogP contribution >= 0.6 is 0 Å². The van der Waals surface area contributed by atoms with Gasteiger partial charge >= 0.3 is 0 Å². The minimum absolute atomic E-state index is 0.204. The Morgan fingerprint density at radius 2 is 0.650 bits per heavy atom. The third-order valence-corrected chi connectivity index (χ3v) is 13.3. The second kappa shape index (κ2) is 43.9. The van der Waals surface area contributed by atoms with Crippen LogP contribution in [0.25, 0.3) is 0 Å². The molecule has 0 bridgehead atoms. The summed E-state index contributed by atoms with van der Waals surface area (Å²) in [7, 11) is 0. The van der Waals surface area contributed by atoms with Gasteiger partial charge in [0.25, 0.3) is 0 Å². The highest BCUT2D eigenvalue weighted by molar-refractivity contribution is 5.47. The molecule has 1 saturated heterocycles. The second-order valence-electron chi connectivity index (χ2n) is 19.2. The number of ether oxygens (including phenoxy) is 1. The molecule has 1 heterocycles. The van der Waals surface area contributed by atoms with E-state index in [2.05, 4.69) is 55.7 Å². The predicted molar refractivity (Wildman–Crippen MR) is 268 cm³/mol. The van der Waals surface area contributed by atoms with Gasteiger partial charge in [-0.1, -0.05) is 282 Å². The van der Waals surface area contributed by atoms with Gasteiger partial charge in [-0.2, -0.15) is 0 Å². The Balaban J connectivity index is 1.48. The molecule has 0 aromatic heterocycles. The van der Waals surface area contributed by atoms with Crippen LogP contribution in [0.4, 0.5) is 0 Å². The topological polar surface area (TPSA) is 9.23 Å². The van der Waals surface area contributed by atoms with Crippen molar-refractivity contribution in [3.8, 4) is 23.7 Å². The van der Waals surface area contributed by atoms with Crippen molar-refractivity contribution in [1.29, 1.82) is 0 Å². The number of unbranched alkanes of at least 4 members (excludes halogenated alkanes) is 40. The third-order valence-electron chi connectivity index (χ3n) is 13.3.